The van der Waals surface area contributed by atoms with Crippen molar-refractivity contribution in [2.75, 3.05) is 46.3 Å². The van der Waals surface area contributed by atoms with Gasteiger partial charge in [0.1, 0.15) is 0 Å². The molecule has 0 spiro atoms. The third kappa shape index (κ3) is 4.78. The van der Waals surface area contributed by atoms with Crippen LogP contribution in [0.4, 0.5) is 13.2 Å². The normalized spacial score (nSPS) is 23.3. The first-order chi connectivity index (χ1) is 12.3. The molecular weight excluding hydrogens is 339 g/mol. The second kappa shape index (κ2) is 8.28. The van der Waals surface area contributed by atoms with Crippen LogP contribution in [0.5, 0.6) is 0 Å². The lowest BCUT2D eigenvalue weighted by molar-refractivity contribution is -0.138. The van der Waals surface area contributed by atoms with Crippen molar-refractivity contribution >= 4 is 0 Å². The first kappa shape index (κ1) is 19.6. The van der Waals surface area contributed by atoms with Crippen molar-refractivity contribution in [3.05, 3.63) is 35.4 Å². The largest absolute Gasteiger partial charge is 0.416 e. The zero-order chi connectivity index (χ0) is 18.7. The first-order valence-electron chi connectivity index (χ1n) is 9.64. The summed E-state index contributed by atoms with van der Waals surface area (Å²) in [5, 5.41) is 0. The molecule has 26 heavy (non-hydrogen) atoms. The van der Waals surface area contributed by atoms with Crippen molar-refractivity contribution in [2.24, 2.45) is 5.92 Å². The summed E-state index contributed by atoms with van der Waals surface area (Å²) in [5.74, 6) is 0.646. The van der Waals surface area contributed by atoms with Crippen LogP contribution in [-0.2, 0) is 12.7 Å². The van der Waals surface area contributed by atoms with Crippen LogP contribution in [0.25, 0.3) is 0 Å². The number of rotatable bonds is 4. The number of likely N-dealkylation sites (tertiary alicyclic amines) is 1. The summed E-state index contributed by atoms with van der Waals surface area (Å²) in [7, 11) is 2.17. The number of nitrogens with zero attached hydrogens (tertiary/aromatic N) is 3. The van der Waals surface area contributed by atoms with Crippen LogP contribution in [0.15, 0.2) is 24.3 Å². The van der Waals surface area contributed by atoms with E-state index < -0.39 is 11.7 Å². The molecule has 2 aliphatic heterocycles. The third-order valence-corrected chi connectivity index (χ3v) is 6.15. The SMILES string of the molecule is C[C@H](C1CCN(Cc2ccccc2C(F)(F)F)CC1)N1CCN(C)CC1. The number of hydrogen-bond donors (Lipinski definition) is 0. The molecule has 0 amide bonds. The number of hydrogen-bond acceptors (Lipinski definition) is 3. The Morgan fingerprint density at radius 2 is 1.62 bits per heavy atom. The molecule has 0 saturated carbocycles. The van der Waals surface area contributed by atoms with E-state index in [0.29, 0.717) is 24.1 Å². The molecule has 1 atom stereocenters. The number of benzene rings is 1. The Bertz CT molecular complexity index is 574. The summed E-state index contributed by atoms with van der Waals surface area (Å²) < 4.78 is 39.5. The van der Waals surface area contributed by atoms with Gasteiger partial charge in [0.25, 0.3) is 0 Å². The zero-order valence-corrected chi connectivity index (χ0v) is 15.8. The van der Waals surface area contributed by atoms with Gasteiger partial charge in [0.05, 0.1) is 5.56 Å². The Balaban J connectivity index is 1.53. The number of likely N-dealkylation sites (N-methyl/N-ethyl adjacent to an activating group) is 1. The van der Waals surface area contributed by atoms with Crippen LogP contribution in [-0.4, -0.2) is 67.1 Å². The van der Waals surface area contributed by atoms with Gasteiger partial charge in [-0.3, -0.25) is 9.80 Å². The van der Waals surface area contributed by atoms with E-state index in [0.717, 1.165) is 52.1 Å². The van der Waals surface area contributed by atoms with Gasteiger partial charge in [0, 0.05) is 38.8 Å². The van der Waals surface area contributed by atoms with Gasteiger partial charge in [-0.25, -0.2) is 0 Å². The van der Waals surface area contributed by atoms with Crippen LogP contribution in [0.1, 0.15) is 30.9 Å². The number of piperidine rings is 1. The average Bonchev–Trinajstić information content (AvgIpc) is 2.62. The van der Waals surface area contributed by atoms with Crippen LogP contribution in [0, 0.1) is 5.92 Å². The summed E-state index contributed by atoms with van der Waals surface area (Å²) in [5.41, 5.74) is -0.0986. The van der Waals surface area contributed by atoms with Crippen LogP contribution >= 0.6 is 0 Å². The highest BCUT2D eigenvalue weighted by atomic mass is 19.4. The third-order valence-electron chi connectivity index (χ3n) is 6.15. The molecule has 0 bridgehead atoms. The molecule has 1 aromatic carbocycles. The van der Waals surface area contributed by atoms with Crippen LogP contribution in [0.3, 0.4) is 0 Å². The van der Waals surface area contributed by atoms with Crippen molar-refractivity contribution in [1.29, 1.82) is 0 Å². The second-order valence-electron chi connectivity index (χ2n) is 7.85. The molecule has 3 rings (SSSR count). The molecule has 2 fully saturated rings. The predicted molar refractivity (Wildman–Crippen MR) is 98.0 cm³/mol. The summed E-state index contributed by atoms with van der Waals surface area (Å²) in [6.45, 7) is 8.97. The average molecular weight is 369 g/mol. The van der Waals surface area contributed by atoms with E-state index in [9.17, 15) is 13.2 Å². The zero-order valence-electron chi connectivity index (χ0n) is 15.8. The summed E-state index contributed by atoms with van der Waals surface area (Å²) in [6, 6.07) is 6.54. The van der Waals surface area contributed by atoms with Gasteiger partial charge < -0.3 is 4.90 Å². The second-order valence-corrected chi connectivity index (χ2v) is 7.85. The van der Waals surface area contributed by atoms with Gasteiger partial charge in [-0.1, -0.05) is 18.2 Å². The Kier molecular flexibility index (Phi) is 6.25. The maximum absolute atomic E-state index is 13.2. The molecule has 0 aliphatic carbocycles. The lowest BCUT2D eigenvalue weighted by atomic mass is 9.88. The first-order valence-corrected chi connectivity index (χ1v) is 9.64. The highest BCUT2D eigenvalue weighted by Crippen LogP contribution is 2.33. The Hall–Kier alpha value is -1.11. The molecular formula is C20H30F3N3. The fraction of sp³-hybridized carbons (Fsp3) is 0.700. The standard InChI is InChI=1S/C20H30F3N3/c1-16(26-13-11-24(2)12-14-26)17-7-9-25(10-8-17)15-18-5-3-4-6-19(18)20(21,22)23/h3-6,16-17H,7-15H2,1-2H3/t16-/m1/s1. The molecule has 3 nitrogen and oxygen atoms in total. The summed E-state index contributed by atoms with van der Waals surface area (Å²) in [4.78, 5) is 7.13. The highest BCUT2D eigenvalue weighted by molar-refractivity contribution is 5.29. The minimum Gasteiger partial charge on any atom is -0.304 e. The molecule has 6 heteroatoms. The van der Waals surface area contributed by atoms with Crippen molar-refractivity contribution in [2.45, 2.75) is 38.5 Å². The van der Waals surface area contributed by atoms with Crippen molar-refractivity contribution in [3.63, 3.8) is 0 Å². The van der Waals surface area contributed by atoms with Gasteiger partial charge in [0.15, 0.2) is 0 Å². The van der Waals surface area contributed by atoms with Gasteiger partial charge in [0.2, 0.25) is 0 Å². The van der Waals surface area contributed by atoms with E-state index in [2.05, 4.69) is 28.7 Å². The van der Waals surface area contributed by atoms with E-state index in [1.165, 1.54) is 12.1 Å². The quantitative estimate of drug-likeness (QED) is 0.804. The maximum Gasteiger partial charge on any atom is 0.416 e. The molecule has 2 heterocycles. The molecule has 1 aromatic rings. The fourth-order valence-corrected chi connectivity index (χ4v) is 4.30. The smallest absolute Gasteiger partial charge is 0.304 e. The Morgan fingerprint density at radius 1 is 1.00 bits per heavy atom. The van der Waals surface area contributed by atoms with E-state index in [1.54, 1.807) is 12.1 Å². The van der Waals surface area contributed by atoms with Gasteiger partial charge in [-0.2, -0.15) is 13.2 Å². The lowest BCUT2D eigenvalue weighted by Crippen LogP contribution is -2.51. The number of piperazine rings is 1. The van der Waals surface area contributed by atoms with Crippen molar-refractivity contribution in [1.82, 2.24) is 14.7 Å². The van der Waals surface area contributed by atoms with Crippen LogP contribution < -0.4 is 0 Å². The van der Waals surface area contributed by atoms with Gasteiger partial charge in [-0.05, 0) is 57.5 Å². The monoisotopic (exact) mass is 369 g/mol. The topological polar surface area (TPSA) is 9.72 Å². The summed E-state index contributed by atoms with van der Waals surface area (Å²) >= 11 is 0. The van der Waals surface area contributed by atoms with Crippen molar-refractivity contribution in [3.8, 4) is 0 Å². The van der Waals surface area contributed by atoms with Gasteiger partial charge >= 0.3 is 6.18 Å². The van der Waals surface area contributed by atoms with E-state index in [4.69, 9.17) is 0 Å². The van der Waals surface area contributed by atoms with E-state index in [1.807, 2.05) is 0 Å². The molecule has 0 radical (unpaired) electrons. The minimum atomic E-state index is -4.27. The summed E-state index contributed by atoms with van der Waals surface area (Å²) in [6.07, 6.45) is -2.13. The molecule has 2 aliphatic rings. The molecule has 2 saturated heterocycles. The number of alkyl halides is 3. The Morgan fingerprint density at radius 3 is 2.23 bits per heavy atom. The molecule has 146 valence electrons. The fourth-order valence-electron chi connectivity index (χ4n) is 4.30. The predicted octanol–water partition coefficient (Wildman–Crippen LogP) is 3.55. The molecule has 0 aromatic heterocycles. The van der Waals surface area contributed by atoms with Gasteiger partial charge in [-0.15, -0.1) is 0 Å². The highest BCUT2D eigenvalue weighted by Gasteiger charge is 2.34. The van der Waals surface area contributed by atoms with Crippen LogP contribution in [0.2, 0.25) is 0 Å². The van der Waals surface area contributed by atoms with E-state index in [-0.39, 0.29) is 0 Å². The Labute approximate surface area is 154 Å². The van der Waals surface area contributed by atoms with E-state index >= 15 is 0 Å². The lowest BCUT2D eigenvalue weighted by Gasteiger charge is -2.42. The minimum absolute atomic E-state index is 0.394. The van der Waals surface area contributed by atoms with Crippen molar-refractivity contribution < 1.29 is 13.2 Å². The number of halogens is 3. The molecule has 0 unspecified atom stereocenters. The maximum atomic E-state index is 13.2. The molecule has 0 N–H and O–H groups in total.